The van der Waals surface area contributed by atoms with Crippen LogP contribution in [0.1, 0.15) is 51.5 Å². The first-order chi connectivity index (χ1) is 16.6. The molecule has 6 nitrogen and oxygen atoms in total. The van der Waals surface area contributed by atoms with Gasteiger partial charge in [-0.05, 0) is 36.5 Å². The van der Waals surface area contributed by atoms with Crippen LogP contribution >= 0.6 is 11.6 Å². The number of halogens is 3. The average molecular weight is 509 g/mol. The van der Waals surface area contributed by atoms with Crippen LogP contribution in [-0.2, 0) is 16.0 Å². The number of benzene rings is 2. The normalized spacial score (nSPS) is 14.1. The quantitative estimate of drug-likeness (QED) is 0.408. The smallest absolute Gasteiger partial charge is 0.341 e. The molecule has 1 saturated carbocycles. The molecule has 2 aromatic rings. The third kappa shape index (κ3) is 7.56. The molecule has 0 aliphatic heterocycles. The molecule has 0 aromatic heterocycles. The van der Waals surface area contributed by atoms with Crippen LogP contribution in [0.5, 0.6) is 5.75 Å². The van der Waals surface area contributed by atoms with E-state index in [1.165, 1.54) is 24.3 Å². The van der Waals surface area contributed by atoms with Gasteiger partial charge in [-0.3, -0.25) is 4.79 Å². The summed E-state index contributed by atoms with van der Waals surface area (Å²) in [6, 6.07) is 6.85. The first-order valence-corrected chi connectivity index (χ1v) is 12.2. The number of ether oxygens (including phenoxy) is 1. The topological polar surface area (TPSA) is 78.9 Å². The molecule has 2 N–H and O–H groups in total. The molecule has 0 heterocycles. The Morgan fingerprint density at radius 3 is 2.49 bits per heavy atom. The Balaban J connectivity index is 1.96. The number of carboxylic acid groups (broad SMARTS) is 1. The van der Waals surface area contributed by atoms with Crippen LogP contribution in [0.3, 0.4) is 0 Å². The van der Waals surface area contributed by atoms with Crippen LogP contribution < -0.4 is 15.0 Å². The number of carboxylic acids is 1. The summed E-state index contributed by atoms with van der Waals surface area (Å²) in [5, 5.41) is 11.9. The molecule has 0 bridgehead atoms. The maximum Gasteiger partial charge on any atom is 0.341 e. The van der Waals surface area contributed by atoms with Gasteiger partial charge in [0.25, 0.3) is 0 Å². The van der Waals surface area contributed by atoms with Crippen LogP contribution in [0.2, 0.25) is 5.02 Å². The van der Waals surface area contributed by atoms with Crippen LogP contribution in [0.15, 0.2) is 30.3 Å². The molecule has 1 aliphatic rings. The highest BCUT2D eigenvalue weighted by molar-refractivity contribution is 6.30. The molecule has 1 aliphatic carbocycles. The van der Waals surface area contributed by atoms with Gasteiger partial charge in [0, 0.05) is 29.7 Å². The fraction of sp³-hybridized carbons (Fsp3) is 0.462. The summed E-state index contributed by atoms with van der Waals surface area (Å²) in [4.78, 5) is 26.0. The molecule has 0 radical (unpaired) electrons. The molecule has 1 fully saturated rings. The molecule has 2 aromatic carbocycles. The number of aliphatic carboxylic acids is 1. The number of rotatable bonds is 10. The van der Waals surface area contributed by atoms with Gasteiger partial charge in [-0.2, -0.15) is 0 Å². The summed E-state index contributed by atoms with van der Waals surface area (Å²) in [7, 11) is 0. The number of carbonyl (C=O) groups excluding carboxylic acids is 1. The molecule has 35 heavy (non-hydrogen) atoms. The summed E-state index contributed by atoms with van der Waals surface area (Å²) in [5.41, 5.74) is 0.956. The molecule has 190 valence electrons. The van der Waals surface area contributed by atoms with Gasteiger partial charge in [0.15, 0.2) is 18.2 Å². The molecule has 3 rings (SSSR count). The lowest BCUT2D eigenvalue weighted by molar-refractivity contribution is -0.139. The highest BCUT2D eigenvalue weighted by Gasteiger charge is 2.26. The third-order valence-corrected chi connectivity index (χ3v) is 6.16. The summed E-state index contributed by atoms with van der Waals surface area (Å²) < 4.78 is 34.4. The van der Waals surface area contributed by atoms with Crippen LogP contribution in [0.25, 0.3) is 0 Å². The Kier molecular flexibility index (Phi) is 9.32. The minimum atomic E-state index is -1.25. The van der Waals surface area contributed by atoms with Gasteiger partial charge in [-0.25, -0.2) is 13.6 Å². The van der Waals surface area contributed by atoms with E-state index in [9.17, 15) is 14.0 Å². The fourth-order valence-electron chi connectivity index (χ4n) is 4.39. The predicted molar refractivity (Wildman–Crippen MR) is 132 cm³/mol. The van der Waals surface area contributed by atoms with E-state index in [0.29, 0.717) is 12.2 Å². The molecule has 9 heteroatoms. The first-order valence-electron chi connectivity index (χ1n) is 11.8. The zero-order valence-electron chi connectivity index (χ0n) is 20.0. The van der Waals surface area contributed by atoms with Gasteiger partial charge in [-0.15, -0.1) is 0 Å². The lowest BCUT2D eigenvalue weighted by Crippen LogP contribution is -2.40. The Labute approximate surface area is 209 Å². The second-order valence-electron chi connectivity index (χ2n) is 9.28. The average Bonchev–Trinajstić information content (AvgIpc) is 2.80. The monoisotopic (exact) mass is 508 g/mol. The lowest BCUT2D eigenvalue weighted by Gasteiger charge is -2.38. The van der Waals surface area contributed by atoms with Crippen molar-refractivity contribution in [1.29, 1.82) is 0 Å². The molecule has 0 saturated heterocycles. The fourth-order valence-corrected chi connectivity index (χ4v) is 4.55. The van der Waals surface area contributed by atoms with Crippen LogP contribution in [0, 0.1) is 17.6 Å². The number of carbonyl (C=O) groups is 2. The van der Waals surface area contributed by atoms with E-state index in [-0.39, 0.29) is 40.4 Å². The lowest BCUT2D eigenvalue weighted by atomic mass is 9.93. The first kappa shape index (κ1) is 26.7. The van der Waals surface area contributed by atoms with Gasteiger partial charge >= 0.3 is 5.97 Å². The molecule has 0 spiro atoms. The van der Waals surface area contributed by atoms with E-state index < -0.39 is 30.1 Å². The largest absolute Gasteiger partial charge is 0.479 e. The van der Waals surface area contributed by atoms with Gasteiger partial charge in [0.2, 0.25) is 5.91 Å². The predicted octanol–water partition coefficient (Wildman–Crippen LogP) is 6.06. The highest BCUT2D eigenvalue weighted by atomic mass is 35.5. The van der Waals surface area contributed by atoms with E-state index in [2.05, 4.69) is 24.1 Å². The van der Waals surface area contributed by atoms with E-state index in [1.54, 1.807) is 0 Å². The summed E-state index contributed by atoms with van der Waals surface area (Å²) in [6.45, 7) is 4.06. The van der Waals surface area contributed by atoms with Crippen molar-refractivity contribution < 1.29 is 28.2 Å². The second-order valence-corrected chi connectivity index (χ2v) is 9.72. The number of hydrogen-bond donors (Lipinski definition) is 2. The van der Waals surface area contributed by atoms with Crippen molar-refractivity contribution in [2.24, 2.45) is 5.92 Å². The van der Waals surface area contributed by atoms with E-state index in [0.717, 1.165) is 38.2 Å². The van der Waals surface area contributed by atoms with Gasteiger partial charge in [0.05, 0.1) is 17.8 Å². The number of hydrogen-bond acceptors (Lipinski definition) is 4. The van der Waals surface area contributed by atoms with Crippen molar-refractivity contribution in [3.05, 3.63) is 52.6 Å². The Hall–Kier alpha value is -2.87. The van der Waals surface area contributed by atoms with Crippen LogP contribution in [-0.4, -0.2) is 36.2 Å². The van der Waals surface area contributed by atoms with Crippen LogP contribution in [0.4, 0.5) is 20.2 Å². The van der Waals surface area contributed by atoms with Crippen molar-refractivity contribution in [3.63, 3.8) is 0 Å². The molecular formula is C26H31ClF2N2O4. The standard InChI is InChI=1S/C26H31ClF2N2O4/c1-16(2)14-31(19-6-4-3-5-7-19)23-12-21(29)24(35-15-26(33)34)13-22(23)30-25(32)10-17-8-9-18(27)11-20(17)28/h8-9,11-13,16,19H,3-7,10,14-15H2,1-2H3,(H,30,32)(H,33,34). The number of nitrogens with one attached hydrogen (secondary N) is 1. The zero-order chi connectivity index (χ0) is 25.5. The Morgan fingerprint density at radius 1 is 1.14 bits per heavy atom. The van der Waals surface area contributed by atoms with Gasteiger partial charge in [0.1, 0.15) is 5.82 Å². The van der Waals surface area contributed by atoms with Gasteiger partial charge in [-0.1, -0.05) is 50.8 Å². The summed E-state index contributed by atoms with van der Waals surface area (Å²) in [6.07, 6.45) is 4.94. The summed E-state index contributed by atoms with van der Waals surface area (Å²) >= 11 is 5.80. The van der Waals surface area contributed by atoms with Crippen molar-refractivity contribution in [3.8, 4) is 5.75 Å². The third-order valence-electron chi connectivity index (χ3n) is 5.93. The van der Waals surface area contributed by atoms with E-state index in [4.69, 9.17) is 21.4 Å². The minimum Gasteiger partial charge on any atom is -0.479 e. The Bertz CT molecular complexity index is 1060. The maximum absolute atomic E-state index is 15.0. The van der Waals surface area contributed by atoms with Crippen molar-refractivity contribution >= 4 is 34.9 Å². The Morgan fingerprint density at radius 2 is 1.86 bits per heavy atom. The summed E-state index contributed by atoms with van der Waals surface area (Å²) in [5.74, 6) is -3.07. The number of amides is 1. The minimum absolute atomic E-state index is 0.171. The zero-order valence-corrected chi connectivity index (χ0v) is 20.7. The maximum atomic E-state index is 15.0. The highest BCUT2D eigenvalue weighted by Crippen LogP contribution is 2.37. The van der Waals surface area contributed by atoms with Crippen molar-refractivity contribution in [2.75, 3.05) is 23.4 Å². The molecule has 0 atom stereocenters. The van der Waals surface area contributed by atoms with Crippen molar-refractivity contribution in [1.82, 2.24) is 0 Å². The van der Waals surface area contributed by atoms with Crippen molar-refractivity contribution in [2.45, 2.75) is 58.4 Å². The number of anilines is 2. The number of nitrogens with zero attached hydrogens (tertiary/aromatic N) is 1. The van der Waals surface area contributed by atoms with E-state index >= 15 is 4.39 Å². The second kappa shape index (κ2) is 12.2. The SMILES string of the molecule is CC(C)CN(c1cc(F)c(OCC(=O)O)cc1NC(=O)Cc1ccc(Cl)cc1F)C1CCCCC1. The van der Waals surface area contributed by atoms with E-state index in [1.807, 2.05) is 0 Å². The van der Waals surface area contributed by atoms with Gasteiger partial charge < -0.3 is 20.1 Å². The molecule has 1 amide bonds. The molecule has 0 unspecified atom stereocenters. The molecular weight excluding hydrogens is 478 g/mol.